The van der Waals surface area contributed by atoms with Gasteiger partial charge in [0.2, 0.25) is 11.0 Å². The van der Waals surface area contributed by atoms with E-state index < -0.39 is 5.97 Å². The fourth-order valence-electron chi connectivity index (χ4n) is 2.49. The Morgan fingerprint density at radius 2 is 1.86 bits per heavy atom. The Morgan fingerprint density at radius 1 is 1.10 bits per heavy atom. The third-order valence-corrected chi connectivity index (χ3v) is 4.60. The molecule has 0 N–H and O–H groups in total. The zero-order valence-corrected chi connectivity index (χ0v) is 17.0. The van der Waals surface area contributed by atoms with Gasteiger partial charge < -0.3 is 9.47 Å². The average Bonchev–Trinajstić information content (AvgIpc) is 3.17. The molecule has 148 valence electrons. The SMILES string of the molecule is COc1cccc(C=NN(C(C)=O)c2nc(-c3cccc(OC(C)=O)c3)cs2)c1. The summed E-state index contributed by atoms with van der Waals surface area (Å²) in [6, 6.07) is 14.4. The van der Waals surface area contributed by atoms with Crippen LogP contribution in [0.15, 0.2) is 59.0 Å². The average molecular weight is 409 g/mol. The molecular formula is C21H19N3O4S. The van der Waals surface area contributed by atoms with Gasteiger partial charge in [-0.05, 0) is 29.8 Å². The van der Waals surface area contributed by atoms with Crippen LogP contribution in [0.4, 0.5) is 5.13 Å². The lowest BCUT2D eigenvalue weighted by atomic mass is 10.2. The number of esters is 1. The molecule has 0 bridgehead atoms. The number of hydrogen-bond donors (Lipinski definition) is 0. The number of amides is 1. The summed E-state index contributed by atoms with van der Waals surface area (Å²) < 4.78 is 10.3. The van der Waals surface area contributed by atoms with Gasteiger partial charge in [0, 0.05) is 24.8 Å². The molecule has 0 saturated heterocycles. The van der Waals surface area contributed by atoms with Crippen molar-refractivity contribution in [3.63, 3.8) is 0 Å². The highest BCUT2D eigenvalue weighted by atomic mass is 32.1. The van der Waals surface area contributed by atoms with E-state index >= 15 is 0 Å². The monoisotopic (exact) mass is 409 g/mol. The summed E-state index contributed by atoms with van der Waals surface area (Å²) in [5, 5.41) is 7.78. The molecule has 0 saturated carbocycles. The van der Waals surface area contributed by atoms with E-state index in [4.69, 9.17) is 9.47 Å². The van der Waals surface area contributed by atoms with Gasteiger partial charge in [0.25, 0.3) is 0 Å². The molecule has 0 radical (unpaired) electrons. The van der Waals surface area contributed by atoms with E-state index in [1.807, 2.05) is 35.7 Å². The Hall–Kier alpha value is -3.52. The van der Waals surface area contributed by atoms with E-state index in [0.29, 0.717) is 22.3 Å². The van der Waals surface area contributed by atoms with Crippen molar-refractivity contribution in [1.29, 1.82) is 0 Å². The molecular weight excluding hydrogens is 390 g/mol. The summed E-state index contributed by atoms with van der Waals surface area (Å²) >= 11 is 1.29. The van der Waals surface area contributed by atoms with Crippen molar-refractivity contribution < 1.29 is 19.1 Å². The Balaban J connectivity index is 1.85. The number of methoxy groups -OCH3 is 1. The van der Waals surface area contributed by atoms with Gasteiger partial charge in [-0.25, -0.2) is 4.98 Å². The van der Waals surface area contributed by atoms with Crippen LogP contribution >= 0.6 is 11.3 Å². The fraction of sp³-hybridized carbons (Fsp3) is 0.143. The van der Waals surface area contributed by atoms with Crippen LogP contribution in [0.25, 0.3) is 11.3 Å². The number of anilines is 1. The molecule has 3 rings (SSSR count). The van der Waals surface area contributed by atoms with Crippen molar-refractivity contribution in [3.05, 3.63) is 59.5 Å². The first kappa shape index (κ1) is 20.2. The van der Waals surface area contributed by atoms with Gasteiger partial charge in [-0.3, -0.25) is 9.59 Å². The van der Waals surface area contributed by atoms with Gasteiger partial charge in [-0.1, -0.05) is 24.3 Å². The maximum Gasteiger partial charge on any atom is 0.308 e. The van der Waals surface area contributed by atoms with Gasteiger partial charge >= 0.3 is 5.97 Å². The number of nitrogens with zero attached hydrogens (tertiary/aromatic N) is 3. The molecule has 1 heterocycles. The molecule has 1 aromatic heterocycles. The van der Waals surface area contributed by atoms with E-state index in [0.717, 1.165) is 11.1 Å². The maximum atomic E-state index is 12.1. The van der Waals surface area contributed by atoms with Crippen molar-refractivity contribution in [2.45, 2.75) is 13.8 Å². The number of carbonyl (C=O) groups excluding carboxylic acids is 2. The second-order valence-electron chi connectivity index (χ2n) is 5.99. The van der Waals surface area contributed by atoms with Crippen LogP contribution in [0.5, 0.6) is 11.5 Å². The number of rotatable bonds is 6. The third-order valence-electron chi connectivity index (χ3n) is 3.78. The second kappa shape index (κ2) is 9.11. The lowest BCUT2D eigenvalue weighted by molar-refractivity contribution is -0.131. The van der Waals surface area contributed by atoms with E-state index in [1.165, 1.54) is 30.2 Å². The van der Waals surface area contributed by atoms with Gasteiger partial charge in [0.1, 0.15) is 11.5 Å². The molecule has 1 amide bonds. The maximum absolute atomic E-state index is 12.1. The van der Waals surface area contributed by atoms with Crippen molar-refractivity contribution in [2.75, 3.05) is 12.1 Å². The minimum atomic E-state index is -0.393. The third kappa shape index (κ3) is 5.26. The molecule has 0 aliphatic carbocycles. The minimum Gasteiger partial charge on any atom is -0.497 e. The van der Waals surface area contributed by atoms with Gasteiger partial charge in [-0.2, -0.15) is 10.1 Å². The number of hydrazone groups is 1. The number of carbonyl (C=O) groups is 2. The summed E-state index contributed by atoms with van der Waals surface area (Å²) in [6.07, 6.45) is 1.58. The summed E-state index contributed by atoms with van der Waals surface area (Å²) in [4.78, 5) is 27.8. The molecule has 0 unspecified atom stereocenters. The molecule has 0 spiro atoms. The quantitative estimate of drug-likeness (QED) is 0.265. The Bertz CT molecular complexity index is 1060. The van der Waals surface area contributed by atoms with Crippen molar-refractivity contribution in [3.8, 4) is 22.8 Å². The van der Waals surface area contributed by atoms with Crippen LogP contribution < -0.4 is 14.5 Å². The summed E-state index contributed by atoms with van der Waals surface area (Å²) in [5.74, 6) is 0.478. The van der Waals surface area contributed by atoms with E-state index in [9.17, 15) is 9.59 Å². The first-order chi connectivity index (χ1) is 14.0. The highest BCUT2D eigenvalue weighted by Crippen LogP contribution is 2.29. The molecule has 0 aliphatic rings. The van der Waals surface area contributed by atoms with Crippen LogP contribution in [0.3, 0.4) is 0 Å². The summed E-state index contributed by atoms with van der Waals surface area (Å²) in [7, 11) is 1.59. The highest BCUT2D eigenvalue weighted by molar-refractivity contribution is 7.14. The van der Waals surface area contributed by atoms with Crippen molar-refractivity contribution in [2.24, 2.45) is 5.10 Å². The highest BCUT2D eigenvalue weighted by Gasteiger charge is 2.15. The van der Waals surface area contributed by atoms with Gasteiger partial charge in [0.05, 0.1) is 19.0 Å². The summed E-state index contributed by atoms with van der Waals surface area (Å²) in [5.41, 5.74) is 2.22. The van der Waals surface area contributed by atoms with E-state index in [2.05, 4.69) is 10.1 Å². The zero-order chi connectivity index (χ0) is 20.8. The lowest BCUT2D eigenvalue weighted by Gasteiger charge is -2.10. The predicted molar refractivity (Wildman–Crippen MR) is 113 cm³/mol. The predicted octanol–water partition coefficient (Wildman–Crippen LogP) is 4.13. The second-order valence-corrected chi connectivity index (χ2v) is 6.83. The molecule has 0 fully saturated rings. The first-order valence-corrected chi connectivity index (χ1v) is 9.57. The molecule has 29 heavy (non-hydrogen) atoms. The van der Waals surface area contributed by atoms with Crippen LogP contribution in [0.2, 0.25) is 0 Å². The Labute approximate surface area is 172 Å². The zero-order valence-electron chi connectivity index (χ0n) is 16.2. The standard InChI is InChI=1S/C21H19N3O4S/c1-14(25)24(22-12-16-6-4-8-18(10-16)27-3)21-23-20(13-29-21)17-7-5-9-19(11-17)28-15(2)26/h4-13H,1-3H3. The Kier molecular flexibility index (Phi) is 6.36. The van der Waals surface area contributed by atoms with Gasteiger partial charge in [0.15, 0.2) is 0 Å². The number of ether oxygens (including phenoxy) is 2. The number of thiazole rings is 1. The summed E-state index contributed by atoms with van der Waals surface area (Å²) in [6.45, 7) is 2.77. The normalized spacial score (nSPS) is 10.7. The topological polar surface area (TPSA) is 81.1 Å². The van der Waals surface area contributed by atoms with Crippen molar-refractivity contribution in [1.82, 2.24) is 4.98 Å². The Morgan fingerprint density at radius 3 is 2.59 bits per heavy atom. The molecule has 8 heteroatoms. The smallest absolute Gasteiger partial charge is 0.308 e. The fourth-order valence-corrected chi connectivity index (χ4v) is 3.32. The molecule has 2 aromatic carbocycles. The van der Waals surface area contributed by atoms with Crippen LogP contribution in [0, 0.1) is 0 Å². The van der Waals surface area contributed by atoms with Gasteiger partial charge in [-0.15, -0.1) is 11.3 Å². The lowest BCUT2D eigenvalue weighted by Crippen LogP contribution is -2.22. The van der Waals surface area contributed by atoms with Crippen LogP contribution in [0.1, 0.15) is 19.4 Å². The van der Waals surface area contributed by atoms with E-state index in [1.54, 1.807) is 31.5 Å². The number of aromatic nitrogens is 1. The minimum absolute atomic E-state index is 0.265. The van der Waals surface area contributed by atoms with Crippen LogP contribution in [-0.4, -0.2) is 30.2 Å². The molecule has 0 atom stereocenters. The van der Waals surface area contributed by atoms with Crippen LogP contribution in [-0.2, 0) is 9.59 Å². The number of benzene rings is 2. The largest absolute Gasteiger partial charge is 0.497 e. The molecule has 7 nitrogen and oxygen atoms in total. The molecule has 0 aliphatic heterocycles. The molecule has 3 aromatic rings. The van der Waals surface area contributed by atoms with E-state index in [-0.39, 0.29) is 5.91 Å². The van der Waals surface area contributed by atoms with Crippen molar-refractivity contribution >= 4 is 34.6 Å². The first-order valence-electron chi connectivity index (χ1n) is 8.69. The number of hydrogen-bond acceptors (Lipinski definition) is 7.